The van der Waals surface area contributed by atoms with Gasteiger partial charge in [-0.2, -0.15) is 0 Å². The number of pyridine rings is 1. The summed E-state index contributed by atoms with van der Waals surface area (Å²) < 4.78 is 0. The molecule has 4 nitrogen and oxygen atoms in total. The van der Waals surface area contributed by atoms with Gasteiger partial charge in [-0.05, 0) is 31.4 Å². The molecule has 0 spiro atoms. The number of amides is 1. The molecule has 0 radical (unpaired) electrons. The molecule has 0 saturated carbocycles. The number of anilines is 1. The van der Waals surface area contributed by atoms with E-state index in [0.29, 0.717) is 6.42 Å². The lowest BCUT2D eigenvalue weighted by molar-refractivity contribution is -0.118. The molecule has 1 rings (SSSR count). The molecule has 3 N–H and O–H groups in total. The van der Waals surface area contributed by atoms with Gasteiger partial charge in [0.1, 0.15) is 5.82 Å². The first-order valence-corrected chi connectivity index (χ1v) is 5.14. The van der Waals surface area contributed by atoms with Gasteiger partial charge in [0.2, 0.25) is 5.91 Å². The number of hydrogen-bond donors (Lipinski definition) is 2. The third-order valence-electron chi connectivity index (χ3n) is 2.15. The third kappa shape index (κ3) is 4.44. The lowest BCUT2D eigenvalue weighted by Crippen LogP contribution is -2.11. The zero-order chi connectivity index (χ0) is 11.1. The minimum absolute atomic E-state index is 0.232. The Morgan fingerprint density at radius 1 is 1.53 bits per heavy atom. The largest absolute Gasteiger partial charge is 0.370 e. The molecule has 0 aromatic carbocycles. The van der Waals surface area contributed by atoms with Gasteiger partial charge in [0, 0.05) is 19.2 Å². The fourth-order valence-corrected chi connectivity index (χ4v) is 1.30. The van der Waals surface area contributed by atoms with Crippen LogP contribution in [0.4, 0.5) is 5.82 Å². The van der Waals surface area contributed by atoms with Crippen molar-refractivity contribution in [3.63, 3.8) is 0 Å². The molecule has 0 aliphatic heterocycles. The van der Waals surface area contributed by atoms with E-state index in [-0.39, 0.29) is 5.91 Å². The van der Waals surface area contributed by atoms with Crippen LogP contribution in [0.2, 0.25) is 0 Å². The number of rotatable bonds is 6. The number of nitrogens with zero attached hydrogens (tertiary/aromatic N) is 1. The molecule has 0 bridgehead atoms. The molecular formula is C11H17N3O. The second-order valence-electron chi connectivity index (χ2n) is 3.52. The Kier molecular flexibility index (Phi) is 4.60. The summed E-state index contributed by atoms with van der Waals surface area (Å²) in [7, 11) is 0. The van der Waals surface area contributed by atoms with Crippen molar-refractivity contribution in [3.05, 3.63) is 23.9 Å². The molecule has 82 valence electrons. The predicted octanol–water partition coefficient (Wildman–Crippen LogP) is 1.46. The average Bonchev–Trinajstić information content (AvgIpc) is 2.20. The summed E-state index contributed by atoms with van der Waals surface area (Å²) in [5, 5.41) is 3.22. The first-order chi connectivity index (χ1) is 7.20. The van der Waals surface area contributed by atoms with Gasteiger partial charge in [-0.3, -0.25) is 4.79 Å². The summed E-state index contributed by atoms with van der Waals surface area (Å²) in [5.74, 6) is 0.681. The van der Waals surface area contributed by atoms with Gasteiger partial charge in [-0.15, -0.1) is 0 Å². The third-order valence-corrected chi connectivity index (χ3v) is 2.15. The van der Waals surface area contributed by atoms with Crippen LogP contribution < -0.4 is 11.1 Å². The minimum atomic E-state index is -0.232. The molecule has 4 heteroatoms. The number of unbranched alkanes of at least 4 members (excludes halogenated alkanes) is 1. The van der Waals surface area contributed by atoms with Gasteiger partial charge in [0.05, 0.1) is 0 Å². The molecule has 0 aliphatic rings. The lowest BCUT2D eigenvalue weighted by atomic mass is 10.2. The normalized spacial score (nSPS) is 9.93. The monoisotopic (exact) mass is 207 g/mol. The van der Waals surface area contributed by atoms with E-state index in [1.54, 1.807) is 6.20 Å². The van der Waals surface area contributed by atoms with E-state index >= 15 is 0 Å². The Bertz CT molecular complexity index is 325. The first-order valence-electron chi connectivity index (χ1n) is 5.14. The molecule has 15 heavy (non-hydrogen) atoms. The van der Waals surface area contributed by atoms with Crippen LogP contribution in [-0.4, -0.2) is 17.4 Å². The van der Waals surface area contributed by atoms with Crippen LogP contribution in [0.3, 0.4) is 0 Å². The van der Waals surface area contributed by atoms with E-state index in [1.165, 1.54) is 0 Å². The minimum Gasteiger partial charge on any atom is -0.370 e. The zero-order valence-corrected chi connectivity index (χ0v) is 8.99. The van der Waals surface area contributed by atoms with Gasteiger partial charge < -0.3 is 11.1 Å². The molecule has 1 amide bonds. The van der Waals surface area contributed by atoms with Crippen LogP contribution in [-0.2, 0) is 4.79 Å². The van der Waals surface area contributed by atoms with Crippen LogP contribution >= 0.6 is 0 Å². The number of nitrogens with one attached hydrogen (secondary N) is 1. The van der Waals surface area contributed by atoms with Crippen molar-refractivity contribution in [2.75, 3.05) is 11.9 Å². The number of carbonyl (C=O) groups excluding carboxylic acids is 1. The molecular weight excluding hydrogens is 190 g/mol. The maximum atomic E-state index is 10.5. The summed E-state index contributed by atoms with van der Waals surface area (Å²) in [6.07, 6.45) is 3.98. The van der Waals surface area contributed by atoms with E-state index in [1.807, 2.05) is 19.1 Å². The molecule has 0 saturated heterocycles. The van der Waals surface area contributed by atoms with Crippen LogP contribution in [0, 0.1) is 6.92 Å². The van der Waals surface area contributed by atoms with Gasteiger partial charge in [0.25, 0.3) is 0 Å². The van der Waals surface area contributed by atoms with Gasteiger partial charge in [0.15, 0.2) is 0 Å². The number of aromatic nitrogens is 1. The Labute approximate surface area is 89.9 Å². The van der Waals surface area contributed by atoms with Gasteiger partial charge in [-0.1, -0.05) is 6.07 Å². The predicted molar refractivity (Wildman–Crippen MR) is 60.5 cm³/mol. The number of carbonyl (C=O) groups is 1. The van der Waals surface area contributed by atoms with Crippen LogP contribution in [0.1, 0.15) is 24.8 Å². The second kappa shape index (κ2) is 6.01. The number of nitrogens with two attached hydrogens (primary N) is 1. The van der Waals surface area contributed by atoms with E-state index < -0.39 is 0 Å². The summed E-state index contributed by atoms with van der Waals surface area (Å²) in [5.41, 5.74) is 6.17. The van der Waals surface area contributed by atoms with Gasteiger partial charge in [-0.25, -0.2) is 4.98 Å². The number of hydrogen-bond acceptors (Lipinski definition) is 3. The van der Waals surface area contributed by atoms with E-state index in [0.717, 1.165) is 30.8 Å². The average molecular weight is 207 g/mol. The highest BCUT2D eigenvalue weighted by molar-refractivity contribution is 5.73. The maximum absolute atomic E-state index is 10.5. The van der Waals surface area contributed by atoms with Crippen molar-refractivity contribution in [2.24, 2.45) is 5.73 Å². The SMILES string of the molecule is Cc1cccnc1NCCCCC(N)=O. The lowest BCUT2D eigenvalue weighted by Gasteiger charge is -2.06. The van der Waals surface area contributed by atoms with E-state index in [2.05, 4.69) is 10.3 Å². The standard InChI is InChI=1S/C11H17N3O/c1-9-5-4-8-14-11(9)13-7-3-2-6-10(12)15/h4-5,8H,2-3,6-7H2,1H3,(H2,12,15)(H,13,14). The Balaban J connectivity index is 2.21. The Hall–Kier alpha value is -1.58. The molecule has 0 aliphatic carbocycles. The van der Waals surface area contributed by atoms with Gasteiger partial charge >= 0.3 is 0 Å². The molecule has 1 aromatic heterocycles. The smallest absolute Gasteiger partial charge is 0.217 e. The number of aryl methyl sites for hydroxylation is 1. The maximum Gasteiger partial charge on any atom is 0.217 e. The summed E-state index contributed by atoms with van der Waals surface area (Å²) >= 11 is 0. The van der Waals surface area contributed by atoms with E-state index in [9.17, 15) is 4.79 Å². The Morgan fingerprint density at radius 3 is 3.00 bits per heavy atom. The van der Waals surface area contributed by atoms with Crippen molar-refractivity contribution in [2.45, 2.75) is 26.2 Å². The van der Waals surface area contributed by atoms with Crippen LogP contribution in [0.15, 0.2) is 18.3 Å². The van der Waals surface area contributed by atoms with Crippen molar-refractivity contribution in [3.8, 4) is 0 Å². The summed E-state index contributed by atoms with van der Waals surface area (Å²) in [4.78, 5) is 14.7. The Morgan fingerprint density at radius 2 is 2.33 bits per heavy atom. The molecule has 0 unspecified atom stereocenters. The first kappa shape index (κ1) is 11.5. The van der Waals surface area contributed by atoms with Crippen molar-refractivity contribution in [1.29, 1.82) is 0 Å². The molecule has 1 aromatic rings. The fraction of sp³-hybridized carbons (Fsp3) is 0.455. The van der Waals surface area contributed by atoms with E-state index in [4.69, 9.17) is 5.73 Å². The molecule has 0 atom stereocenters. The highest BCUT2D eigenvalue weighted by Gasteiger charge is 1.97. The van der Waals surface area contributed by atoms with Crippen molar-refractivity contribution >= 4 is 11.7 Å². The fourth-order valence-electron chi connectivity index (χ4n) is 1.30. The summed E-state index contributed by atoms with van der Waals surface area (Å²) in [6.45, 7) is 2.84. The molecule has 0 fully saturated rings. The molecule has 1 heterocycles. The van der Waals surface area contributed by atoms with Crippen molar-refractivity contribution < 1.29 is 4.79 Å². The quantitative estimate of drug-likeness (QED) is 0.694. The van der Waals surface area contributed by atoms with Crippen LogP contribution in [0.25, 0.3) is 0 Å². The second-order valence-corrected chi connectivity index (χ2v) is 3.52. The zero-order valence-electron chi connectivity index (χ0n) is 8.99. The van der Waals surface area contributed by atoms with Crippen molar-refractivity contribution in [1.82, 2.24) is 4.98 Å². The number of primary amides is 1. The highest BCUT2D eigenvalue weighted by Crippen LogP contribution is 2.09. The summed E-state index contributed by atoms with van der Waals surface area (Å²) in [6, 6.07) is 3.92. The topological polar surface area (TPSA) is 68.0 Å². The van der Waals surface area contributed by atoms with Crippen LogP contribution in [0.5, 0.6) is 0 Å². The highest BCUT2D eigenvalue weighted by atomic mass is 16.1.